The standard InChI is InChI=1S/C30H36ClN3O4S/c1-5-23(4)32-30(36)27(6-2)33(20-24-14-12-13-22(3)19-24)29(35)21-34(28-18-11-10-17-26(28)31)39(37,38)25-15-8-7-9-16-25/h7-19,23,27H,5-6,20-21H2,1-4H3,(H,32,36)/t23-,27-/m0/s1. The molecule has 3 rings (SSSR count). The Morgan fingerprint density at radius 2 is 1.59 bits per heavy atom. The van der Waals surface area contributed by atoms with Crippen LogP contribution in [0.2, 0.25) is 5.02 Å². The number of aryl methyl sites for hydroxylation is 1. The predicted octanol–water partition coefficient (Wildman–Crippen LogP) is 5.57. The zero-order chi connectivity index (χ0) is 28.6. The van der Waals surface area contributed by atoms with Crippen molar-refractivity contribution in [3.63, 3.8) is 0 Å². The monoisotopic (exact) mass is 569 g/mol. The van der Waals surface area contributed by atoms with Crippen molar-refractivity contribution in [1.82, 2.24) is 10.2 Å². The molecule has 3 aromatic carbocycles. The van der Waals surface area contributed by atoms with Crippen LogP contribution in [0.5, 0.6) is 0 Å². The summed E-state index contributed by atoms with van der Waals surface area (Å²) in [5.41, 5.74) is 2.04. The van der Waals surface area contributed by atoms with Crippen LogP contribution in [-0.2, 0) is 26.2 Å². The maximum Gasteiger partial charge on any atom is 0.264 e. The third-order valence-corrected chi connectivity index (χ3v) is 8.65. The quantitative estimate of drug-likeness (QED) is 0.309. The van der Waals surface area contributed by atoms with Gasteiger partial charge >= 0.3 is 0 Å². The SMILES string of the molecule is CC[C@H](C)NC(=O)[C@H](CC)N(Cc1cccc(C)c1)C(=O)CN(c1ccccc1Cl)S(=O)(=O)c1ccccc1. The minimum atomic E-state index is -4.16. The lowest BCUT2D eigenvalue weighted by Crippen LogP contribution is -2.53. The molecule has 7 nitrogen and oxygen atoms in total. The van der Waals surface area contributed by atoms with Gasteiger partial charge in [-0.25, -0.2) is 8.42 Å². The van der Waals surface area contributed by atoms with E-state index in [1.165, 1.54) is 17.0 Å². The van der Waals surface area contributed by atoms with Crippen LogP contribution >= 0.6 is 11.6 Å². The number of benzene rings is 3. The largest absolute Gasteiger partial charge is 0.352 e. The fraction of sp³-hybridized carbons (Fsp3) is 0.333. The molecule has 0 radical (unpaired) electrons. The normalized spacial score (nSPS) is 12.8. The topological polar surface area (TPSA) is 86.8 Å². The highest BCUT2D eigenvalue weighted by atomic mass is 35.5. The number of hydrogen-bond acceptors (Lipinski definition) is 4. The molecule has 0 unspecified atom stereocenters. The Morgan fingerprint density at radius 3 is 2.21 bits per heavy atom. The number of carbonyl (C=O) groups is 2. The maximum absolute atomic E-state index is 14.1. The van der Waals surface area contributed by atoms with Crippen molar-refractivity contribution < 1.29 is 18.0 Å². The number of hydrogen-bond donors (Lipinski definition) is 1. The lowest BCUT2D eigenvalue weighted by Gasteiger charge is -2.34. The number of sulfonamides is 1. The molecule has 0 fully saturated rings. The van der Waals surface area contributed by atoms with Crippen molar-refractivity contribution in [2.45, 2.75) is 64.1 Å². The fourth-order valence-electron chi connectivity index (χ4n) is 4.25. The van der Waals surface area contributed by atoms with E-state index in [0.717, 1.165) is 21.9 Å². The van der Waals surface area contributed by atoms with Crippen molar-refractivity contribution in [2.24, 2.45) is 0 Å². The third kappa shape index (κ3) is 7.61. The number of amides is 2. The number of anilines is 1. The van der Waals surface area contributed by atoms with Crippen LogP contribution in [0.25, 0.3) is 0 Å². The van der Waals surface area contributed by atoms with Crippen LogP contribution in [0.15, 0.2) is 83.8 Å². The molecular formula is C30H36ClN3O4S. The Kier molecular flexibility index (Phi) is 10.5. The lowest BCUT2D eigenvalue weighted by molar-refractivity contribution is -0.140. The summed E-state index contributed by atoms with van der Waals surface area (Å²) in [6.45, 7) is 7.28. The van der Waals surface area contributed by atoms with Crippen molar-refractivity contribution in [1.29, 1.82) is 0 Å². The van der Waals surface area contributed by atoms with E-state index in [1.54, 1.807) is 42.5 Å². The molecule has 9 heteroatoms. The molecule has 0 aliphatic heterocycles. The van der Waals surface area contributed by atoms with E-state index < -0.39 is 28.5 Å². The van der Waals surface area contributed by atoms with E-state index in [-0.39, 0.29) is 34.1 Å². The summed E-state index contributed by atoms with van der Waals surface area (Å²) in [5.74, 6) is -0.787. The second kappa shape index (κ2) is 13.6. The lowest BCUT2D eigenvalue weighted by atomic mass is 10.1. The van der Waals surface area contributed by atoms with E-state index >= 15 is 0 Å². The number of nitrogens with one attached hydrogen (secondary N) is 1. The van der Waals surface area contributed by atoms with Gasteiger partial charge in [-0.2, -0.15) is 0 Å². The van der Waals surface area contributed by atoms with E-state index in [1.807, 2.05) is 52.0 Å². The fourth-order valence-corrected chi connectivity index (χ4v) is 6.00. The summed E-state index contributed by atoms with van der Waals surface area (Å²) in [5, 5.41) is 3.17. The van der Waals surface area contributed by atoms with Crippen LogP contribution in [0, 0.1) is 6.92 Å². The third-order valence-electron chi connectivity index (χ3n) is 6.55. The van der Waals surface area contributed by atoms with E-state index in [0.29, 0.717) is 6.42 Å². The van der Waals surface area contributed by atoms with Gasteiger partial charge in [0.05, 0.1) is 15.6 Å². The summed E-state index contributed by atoms with van der Waals surface area (Å²) in [7, 11) is -4.16. The summed E-state index contributed by atoms with van der Waals surface area (Å²) >= 11 is 6.44. The smallest absolute Gasteiger partial charge is 0.264 e. The molecule has 0 aliphatic rings. The van der Waals surface area contributed by atoms with Crippen LogP contribution in [-0.4, -0.2) is 43.8 Å². The Labute approximate surface area is 236 Å². The molecule has 39 heavy (non-hydrogen) atoms. The molecule has 0 aromatic heterocycles. The highest BCUT2D eigenvalue weighted by Crippen LogP contribution is 2.30. The predicted molar refractivity (Wildman–Crippen MR) is 156 cm³/mol. The molecule has 3 aromatic rings. The Bertz CT molecular complexity index is 1380. The van der Waals surface area contributed by atoms with Gasteiger partial charge < -0.3 is 10.2 Å². The van der Waals surface area contributed by atoms with Crippen molar-refractivity contribution in [3.8, 4) is 0 Å². The highest BCUT2D eigenvalue weighted by Gasteiger charge is 2.34. The number of para-hydroxylation sites is 1. The molecule has 0 spiro atoms. The van der Waals surface area contributed by atoms with Gasteiger partial charge in [0.25, 0.3) is 10.0 Å². The number of carbonyl (C=O) groups excluding carboxylic acids is 2. The maximum atomic E-state index is 14.1. The molecule has 0 saturated carbocycles. The van der Waals surface area contributed by atoms with Gasteiger partial charge in [-0.1, -0.05) is 85.6 Å². The number of halogens is 1. The second-order valence-corrected chi connectivity index (χ2v) is 11.8. The number of rotatable bonds is 12. The van der Waals surface area contributed by atoms with Crippen molar-refractivity contribution in [3.05, 3.63) is 95.0 Å². The zero-order valence-corrected chi connectivity index (χ0v) is 24.4. The summed E-state index contributed by atoms with van der Waals surface area (Å²) in [4.78, 5) is 28.9. The zero-order valence-electron chi connectivity index (χ0n) is 22.8. The Morgan fingerprint density at radius 1 is 0.923 bits per heavy atom. The van der Waals surface area contributed by atoms with E-state index in [4.69, 9.17) is 11.6 Å². The van der Waals surface area contributed by atoms with Gasteiger partial charge in [0.1, 0.15) is 12.6 Å². The molecule has 208 valence electrons. The van der Waals surface area contributed by atoms with E-state index in [2.05, 4.69) is 5.32 Å². The first-order valence-electron chi connectivity index (χ1n) is 13.1. The molecular weight excluding hydrogens is 534 g/mol. The van der Waals surface area contributed by atoms with Crippen LogP contribution < -0.4 is 9.62 Å². The molecule has 0 bridgehead atoms. The minimum Gasteiger partial charge on any atom is -0.352 e. The van der Waals surface area contributed by atoms with Crippen LogP contribution in [0.1, 0.15) is 44.7 Å². The summed E-state index contributed by atoms with van der Waals surface area (Å²) in [6, 6.07) is 21.2. The minimum absolute atomic E-state index is 0.0320. The van der Waals surface area contributed by atoms with E-state index in [9.17, 15) is 18.0 Å². The second-order valence-electron chi connectivity index (χ2n) is 9.53. The van der Waals surface area contributed by atoms with Gasteiger partial charge in [0, 0.05) is 12.6 Å². The molecule has 0 aliphatic carbocycles. The molecule has 0 heterocycles. The van der Waals surface area contributed by atoms with Gasteiger partial charge in [-0.15, -0.1) is 0 Å². The van der Waals surface area contributed by atoms with Crippen molar-refractivity contribution in [2.75, 3.05) is 10.8 Å². The van der Waals surface area contributed by atoms with Crippen LogP contribution in [0.4, 0.5) is 5.69 Å². The van der Waals surface area contributed by atoms with Gasteiger partial charge in [0.2, 0.25) is 11.8 Å². The van der Waals surface area contributed by atoms with Crippen molar-refractivity contribution >= 4 is 39.1 Å². The van der Waals surface area contributed by atoms with Gasteiger partial charge in [-0.05, 0) is 56.5 Å². The van der Waals surface area contributed by atoms with Crippen LogP contribution in [0.3, 0.4) is 0 Å². The van der Waals surface area contributed by atoms with Gasteiger partial charge in [-0.3, -0.25) is 13.9 Å². The Balaban J connectivity index is 2.06. The Hall–Kier alpha value is -3.36. The molecule has 1 N–H and O–H groups in total. The average molecular weight is 570 g/mol. The summed E-state index contributed by atoms with van der Waals surface area (Å²) < 4.78 is 28.7. The molecule has 2 amide bonds. The first kappa shape index (κ1) is 30.2. The molecule has 0 saturated heterocycles. The highest BCUT2D eigenvalue weighted by molar-refractivity contribution is 7.92. The first-order valence-corrected chi connectivity index (χ1v) is 14.9. The van der Waals surface area contributed by atoms with Gasteiger partial charge in [0.15, 0.2) is 0 Å². The molecule has 2 atom stereocenters. The first-order chi connectivity index (χ1) is 18.6. The average Bonchev–Trinajstić information content (AvgIpc) is 2.92. The number of nitrogens with zero attached hydrogens (tertiary/aromatic N) is 2. The summed E-state index contributed by atoms with van der Waals surface area (Å²) in [6.07, 6.45) is 1.10.